The van der Waals surface area contributed by atoms with Gasteiger partial charge in [0.25, 0.3) is 0 Å². The first kappa shape index (κ1) is 28.2. The second kappa shape index (κ2) is 11.4. The first-order valence-corrected chi connectivity index (χ1v) is 16.6. The Morgan fingerprint density at radius 3 is 1.30 bits per heavy atom. The van der Waals surface area contributed by atoms with Gasteiger partial charge < -0.3 is 8.83 Å². The molecule has 10 rings (SSSR count). The van der Waals surface area contributed by atoms with Crippen LogP contribution in [0.3, 0.4) is 0 Å². The van der Waals surface area contributed by atoms with Gasteiger partial charge in [-0.2, -0.15) is 0 Å². The third kappa shape index (κ3) is 4.67. The summed E-state index contributed by atoms with van der Waals surface area (Å²) >= 11 is 0. The normalized spacial score (nSPS) is 11.6. The van der Waals surface area contributed by atoms with Crippen molar-refractivity contribution in [3.63, 3.8) is 0 Å². The summed E-state index contributed by atoms with van der Waals surface area (Å²) < 4.78 is 13.1. The Hall–Kier alpha value is -6.85. The van der Waals surface area contributed by atoms with Crippen LogP contribution < -0.4 is 0 Å². The maximum absolute atomic E-state index is 6.64. The van der Waals surface area contributed by atoms with Gasteiger partial charge in [-0.05, 0) is 40.5 Å². The molecule has 0 amide bonds. The van der Waals surface area contributed by atoms with Crippen LogP contribution in [-0.4, -0.2) is 15.0 Å². The van der Waals surface area contributed by atoms with Crippen LogP contribution in [0.15, 0.2) is 173 Å². The SMILES string of the molecule is c1ccc(-c2ccc(-c3nc(-c4ccc(-c5ccccc5)cc4)nc(-c4cc5oc6ccccc6c5c5c4oc4ccccc45)n3)cc2)cc1. The summed E-state index contributed by atoms with van der Waals surface area (Å²) in [6.07, 6.45) is 0. The number of furan rings is 2. The molecule has 0 atom stereocenters. The van der Waals surface area contributed by atoms with Crippen molar-refractivity contribution in [2.75, 3.05) is 0 Å². The zero-order valence-corrected chi connectivity index (χ0v) is 26.7. The Labute approximate surface area is 287 Å². The lowest BCUT2D eigenvalue weighted by atomic mass is 10.0. The van der Waals surface area contributed by atoms with Crippen LogP contribution in [0.4, 0.5) is 0 Å². The third-order valence-electron chi connectivity index (χ3n) is 9.37. The van der Waals surface area contributed by atoms with Gasteiger partial charge >= 0.3 is 0 Å². The number of hydrogen-bond donors (Lipinski definition) is 0. The number of para-hydroxylation sites is 2. The van der Waals surface area contributed by atoms with Gasteiger partial charge in [0.15, 0.2) is 17.5 Å². The molecule has 0 aliphatic rings. The van der Waals surface area contributed by atoms with Crippen molar-refractivity contribution in [3.05, 3.63) is 164 Å². The van der Waals surface area contributed by atoms with Gasteiger partial charge in [-0.25, -0.2) is 15.0 Å². The number of aromatic nitrogens is 3. The van der Waals surface area contributed by atoms with E-state index in [0.717, 1.165) is 77.2 Å². The molecular formula is C45H27N3O2. The molecule has 0 N–H and O–H groups in total. The number of nitrogens with zero attached hydrogens (tertiary/aromatic N) is 3. The highest BCUT2D eigenvalue weighted by molar-refractivity contribution is 6.28. The molecule has 0 fully saturated rings. The highest BCUT2D eigenvalue weighted by Gasteiger charge is 2.23. The Morgan fingerprint density at radius 2 is 0.740 bits per heavy atom. The fraction of sp³-hybridized carbons (Fsp3) is 0. The monoisotopic (exact) mass is 641 g/mol. The van der Waals surface area contributed by atoms with Crippen LogP contribution in [0.25, 0.3) is 100 Å². The van der Waals surface area contributed by atoms with Gasteiger partial charge in [0.1, 0.15) is 22.3 Å². The molecule has 0 aliphatic heterocycles. The summed E-state index contributed by atoms with van der Waals surface area (Å²) in [5.41, 5.74) is 10.2. The van der Waals surface area contributed by atoms with E-state index in [1.165, 1.54) is 0 Å². The molecule has 0 radical (unpaired) electrons. The van der Waals surface area contributed by atoms with E-state index >= 15 is 0 Å². The highest BCUT2D eigenvalue weighted by Crippen LogP contribution is 2.44. The number of hydrogen-bond acceptors (Lipinski definition) is 5. The lowest BCUT2D eigenvalue weighted by Gasteiger charge is -2.10. The Kier molecular flexibility index (Phi) is 6.42. The molecule has 0 saturated carbocycles. The first-order valence-electron chi connectivity index (χ1n) is 16.6. The smallest absolute Gasteiger partial charge is 0.168 e. The summed E-state index contributed by atoms with van der Waals surface area (Å²) in [5.74, 6) is 1.66. The number of fused-ring (bicyclic) bond motifs is 7. The molecule has 0 spiro atoms. The minimum Gasteiger partial charge on any atom is -0.456 e. The van der Waals surface area contributed by atoms with E-state index in [2.05, 4.69) is 109 Å². The summed E-state index contributed by atoms with van der Waals surface area (Å²) in [7, 11) is 0. The van der Waals surface area contributed by atoms with Crippen molar-refractivity contribution in [1.29, 1.82) is 0 Å². The van der Waals surface area contributed by atoms with Crippen molar-refractivity contribution >= 4 is 43.9 Å². The van der Waals surface area contributed by atoms with Gasteiger partial charge in [0.05, 0.1) is 5.56 Å². The summed E-state index contributed by atoms with van der Waals surface area (Å²) in [6, 6.07) is 55.7. The molecule has 3 aromatic heterocycles. The molecule has 234 valence electrons. The Bertz CT molecular complexity index is 2740. The second-order valence-corrected chi connectivity index (χ2v) is 12.4. The van der Waals surface area contributed by atoms with E-state index in [-0.39, 0.29) is 0 Å². The van der Waals surface area contributed by atoms with Crippen LogP contribution in [-0.2, 0) is 0 Å². The number of benzene rings is 7. The molecule has 0 bridgehead atoms. The largest absolute Gasteiger partial charge is 0.456 e. The fourth-order valence-electron chi connectivity index (χ4n) is 6.91. The maximum Gasteiger partial charge on any atom is 0.168 e. The average molecular weight is 642 g/mol. The molecule has 10 aromatic rings. The van der Waals surface area contributed by atoms with E-state index < -0.39 is 0 Å². The van der Waals surface area contributed by atoms with Crippen LogP contribution >= 0.6 is 0 Å². The topological polar surface area (TPSA) is 65.0 Å². The van der Waals surface area contributed by atoms with Crippen LogP contribution in [0.2, 0.25) is 0 Å². The van der Waals surface area contributed by atoms with Crippen LogP contribution in [0.1, 0.15) is 0 Å². The first-order chi connectivity index (χ1) is 24.8. The van der Waals surface area contributed by atoms with E-state index in [4.69, 9.17) is 23.8 Å². The molecule has 3 heterocycles. The van der Waals surface area contributed by atoms with Crippen LogP contribution in [0.5, 0.6) is 0 Å². The van der Waals surface area contributed by atoms with Gasteiger partial charge in [0, 0.05) is 32.7 Å². The van der Waals surface area contributed by atoms with E-state index in [1.54, 1.807) is 0 Å². The van der Waals surface area contributed by atoms with Crippen molar-refractivity contribution in [2.45, 2.75) is 0 Å². The van der Waals surface area contributed by atoms with Crippen molar-refractivity contribution in [1.82, 2.24) is 15.0 Å². The molecule has 7 aromatic carbocycles. The van der Waals surface area contributed by atoms with Gasteiger partial charge in [-0.15, -0.1) is 0 Å². The quantitative estimate of drug-likeness (QED) is 0.187. The van der Waals surface area contributed by atoms with Gasteiger partial charge in [0.2, 0.25) is 0 Å². The fourth-order valence-corrected chi connectivity index (χ4v) is 6.91. The highest BCUT2D eigenvalue weighted by atomic mass is 16.3. The molecule has 5 nitrogen and oxygen atoms in total. The zero-order valence-electron chi connectivity index (χ0n) is 26.7. The summed E-state index contributed by atoms with van der Waals surface area (Å²) in [5, 5.41) is 4.07. The maximum atomic E-state index is 6.64. The van der Waals surface area contributed by atoms with Crippen molar-refractivity contribution < 1.29 is 8.83 Å². The molecule has 0 saturated heterocycles. The van der Waals surface area contributed by atoms with E-state index in [9.17, 15) is 0 Å². The van der Waals surface area contributed by atoms with Crippen LogP contribution in [0, 0.1) is 0 Å². The lowest BCUT2D eigenvalue weighted by Crippen LogP contribution is -2.00. The Balaban J connectivity index is 1.20. The predicted octanol–water partition coefficient (Wildman–Crippen LogP) is 12.0. The minimum atomic E-state index is 0.510. The lowest BCUT2D eigenvalue weighted by molar-refractivity contribution is 0.663. The van der Waals surface area contributed by atoms with Crippen molar-refractivity contribution in [3.8, 4) is 56.4 Å². The predicted molar refractivity (Wildman–Crippen MR) is 202 cm³/mol. The van der Waals surface area contributed by atoms with E-state index in [0.29, 0.717) is 23.1 Å². The molecule has 0 unspecified atom stereocenters. The van der Waals surface area contributed by atoms with Crippen molar-refractivity contribution in [2.24, 2.45) is 0 Å². The average Bonchev–Trinajstić information content (AvgIpc) is 3.77. The molecule has 5 heteroatoms. The third-order valence-corrected chi connectivity index (χ3v) is 9.37. The minimum absolute atomic E-state index is 0.510. The second-order valence-electron chi connectivity index (χ2n) is 12.4. The van der Waals surface area contributed by atoms with Gasteiger partial charge in [-0.1, -0.05) is 146 Å². The molecular weight excluding hydrogens is 615 g/mol. The zero-order chi connectivity index (χ0) is 33.0. The molecule has 0 aliphatic carbocycles. The summed E-state index contributed by atoms with van der Waals surface area (Å²) in [4.78, 5) is 15.3. The standard InChI is InChI=1S/C45H27N3O2/c1-3-11-28(12-4-1)30-19-23-32(24-20-30)43-46-44(33-25-21-31(22-26-33)29-13-5-2-6-14-29)48-45(47-43)36-27-39-40(34-15-7-9-17-37(34)49-39)41-35-16-8-10-18-38(35)50-42(36)41/h1-27H. The molecule has 50 heavy (non-hydrogen) atoms. The summed E-state index contributed by atoms with van der Waals surface area (Å²) in [6.45, 7) is 0. The Morgan fingerprint density at radius 1 is 0.320 bits per heavy atom. The van der Waals surface area contributed by atoms with Gasteiger partial charge in [-0.3, -0.25) is 0 Å². The van der Waals surface area contributed by atoms with E-state index in [1.807, 2.05) is 54.6 Å². The number of rotatable bonds is 5.